The van der Waals surface area contributed by atoms with Gasteiger partial charge in [0.15, 0.2) is 0 Å². The Morgan fingerprint density at radius 2 is 1.91 bits per heavy atom. The summed E-state index contributed by atoms with van der Waals surface area (Å²) in [5.74, 6) is 0.452. The lowest BCUT2D eigenvalue weighted by molar-refractivity contribution is -0.122. The van der Waals surface area contributed by atoms with E-state index in [1.54, 1.807) is 21.6 Å². The van der Waals surface area contributed by atoms with Crippen molar-refractivity contribution in [2.75, 3.05) is 37.7 Å². The third-order valence-electron chi connectivity index (χ3n) is 5.30. The molecule has 0 unspecified atom stereocenters. The lowest BCUT2D eigenvalue weighted by Crippen LogP contribution is -2.31. The van der Waals surface area contributed by atoms with E-state index in [0.29, 0.717) is 52.4 Å². The highest BCUT2D eigenvalue weighted by Gasteiger charge is 2.32. The molecule has 9 heteroatoms. The van der Waals surface area contributed by atoms with E-state index in [0.717, 1.165) is 31.5 Å². The number of hydrogen-bond donors (Lipinski definition) is 0. The summed E-state index contributed by atoms with van der Waals surface area (Å²) in [6.07, 6.45) is 6.03. The number of fused-ring (bicyclic) bond motifs is 1. The number of rotatable bonds is 11. The Hall–Kier alpha value is -2.23. The number of nitrogens with zero attached hydrogens (tertiary/aromatic N) is 4. The van der Waals surface area contributed by atoms with Gasteiger partial charge in [-0.25, -0.2) is 4.98 Å². The van der Waals surface area contributed by atoms with Crippen molar-refractivity contribution < 1.29 is 9.53 Å². The van der Waals surface area contributed by atoms with Crippen LogP contribution >= 0.6 is 24.0 Å². The van der Waals surface area contributed by atoms with Gasteiger partial charge in [0.25, 0.3) is 11.5 Å². The molecule has 0 spiro atoms. The molecule has 1 aliphatic rings. The van der Waals surface area contributed by atoms with Gasteiger partial charge in [-0.15, -0.1) is 0 Å². The highest BCUT2D eigenvalue weighted by Crippen LogP contribution is 2.33. The summed E-state index contributed by atoms with van der Waals surface area (Å²) in [6.45, 7) is 11.4. The zero-order valence-corrected chi connectivity index (χ0v) is 21.4. The van der Waals surface area contributed by atoms with Crippen LogP contribution in [0, 0.1) is 6.92 Å². The normalized spacial score (nSPS) is 15.3. The maximum Gasteiger partial charge on any atom is 0.267 e. The van der Waals surface area contributed by atoms with Gasteiger partial charge in [-0.2, -0.15) is 0 Å². The molecule has 7 nitrogen and oxygen atoms in total. The number of aromatic nitrogens is 2. The van der Waals surface area contributed by atoms with Crippen LogP contribution < -0.4 is 10.5 Å². The first-order chi connectivity index (χ1) is 15.9. The molecule has 0 N–H and O–H groups in total. The van der Waals surface area contributed by atoms with Crippen LogP contribution in [-0.4, -0.2) is 57.4 Å². The average Bonchev–Trinajstić information content (AvgIpc) is 3.06. The fraction of sp³-hybridized carbons (Fsp3) is 0.500. The molecule has 1 amide bonds. The number of thioether (sulfide) groups is 1. The van der Waals surface area contributed by atoms with Crippen LogP contribution in [-0.2, 0) is 9.53 Å². The van der Waals surface area contributed by atoms with E-state index < -0.39 is 0 Å². The smallest absolute Gasteiger partial charge is 0.267 e. The van der Waals surface area contributed by atoms with E-state index in [-0.39, 0.29) is 11.5 Å². The summed E-state index contributed by atoms with van der Waals surface area (Å²) >= 11 is 6.70. The van der Waals surface area contributed by atoms with Gasteiger partial charge in [-0.1, -0.05) is 43.9 Å². The standard InChI is InChI=1S/C24H32N4O3S2/c1-5-11-26(12-6-2)21-18(22(29)28-16-17(4)9-10-20(28)25-21)15-19-23(30)27(24(32)33-19)13-8-14-31-7-3/h9-10,15-16H,5-8,11-14H2,1-4H3. The van der Waals surface area contributed by atoms with E-state index in [9.17, 15) is 9.59 Å². The van der Waals surface area contributed by atoms with E-state index in [1.165, 1.54) is 11.8 Å². The van der Waals surface area contributed by atoms with Crippen molar-refractivity contribution in [3.05, 3.63) is 44.7 Å². The highest BCUT2D eigenvalue weighted by molar-refractivity contribution is 8.26. The Morgan fingerprint density at radius 3 is 2.58 bits per heavy atom. The average molecular weight is 489 g/mol. The van der Waals surface area contributed by atoms with Gasteiger partial charge in [-0.3, -0.25) is 18.9 Å². The third kappa shape index (κ3) is 5.83. The molecule has 33 heavy (non-hydrogen) atoms. The number of ether oxygens (including phenoxy) is 1. The molecule has 0 saturated carbocycles. The maximum absolute atomic E-state index is 13.6. The van der Waals surface area contributed by atoms with Crippen molar-refractivity contribution in [2.45, 2.75) is 47.0 Å². The summed E-state index contributed by atoms with van der Waals surface area (Å²) in [5.41, 5.74) is 1.80. The molecule has 0 atom stereocenters. The second-order valence-electron chi connectivity index (χ2n) is 7.96. The van der Waals surface area contributed by atoms with Gasteiger partial charge in [0, 0.05) is 39.0 Å². The molecule has 1 fully saturated rings. The Kier molecular flexibility index (Phi) is 9.05. The topological polar surface area (TPSA) is 67.2 Å². The number of carbonyl (C=O) groups excluding carboxylic acids is 1. The highest BCUT2D eigenvalue weighted by atomic mass is 32.2. The number of carbonyl (C=O) groups is 1. The van der Waals surface area contributed by atoms with Gasteiger partial charge in [-0.05, 0) is 50.8 Å². The first kappa shape index (κ1) is 25.4. The molecule has 0 aromatic carbocycles. The minimum atomic E-state index is -0.183. The fourth-order valence-corrected chi connectivity index (χ4v) is 5.06. The lowest BCUT2D eigenvalue weighted by atomic mass is 10.2. The monoisotopic (exact) mass is 488 g/mol. The molecule has 178 valence electrons. The Morgan fingerprint density at radius 1 is 1.18 bits per heavy atom. The predicted molar refractivity (Wildman–Crippen MR) is 140 cm³/mol. The summed E-state index contributed by atoms with van der Waals surface area (Å²) in [4.78, 5) is 35.7. The van der Waals surface area contributed by atoms with Crippen LogP contribution in [0.1, 0.15) is 51.2 Å². The maximum atomic E-state index is 13.6. The Balaban J connectivity index is 2.06. The molecule has 3 heterocycles. The van der Waals surface area contributed by atoms with Crippen molar-refractivity contribution in [3.63, 3.8) is 0 Å². The number of amides is 1. The number of hydrogen-bond acceptors (Lipinski definition) is 7. The minimum absolute atomic E-state index is 0.168. The molecule has 0 aliphatic carbocycles. The Labute approximate surface area is 204 Å². The minimum Gasteiger partial charge on any atom is -0.382 e. The fourth-order valence-electron chi connectivity index (χ4n) is 3.77. The van der Waals surface area contributed by atoms with Crippen LogP contribution in [0.15, 0.2) is 28.0 Å². The quantitative estimate of drug-likeness (QED) is 0.266. The number of pyridine rings is 1. The molecular weight excluding hydrogens is 456 g/mol. The molecule has 2 aromatic heterocycles. The van der Waals surface area contributed by atoms with Crippen molar-refractivity contribution in [2.24, 2.45) is 0 Å². The molecule has 3 rings (SSSR count). The Bertz CT molecular complexity index is 1110. The van der Waals surface area contributed by atoms with E-state index in [1.807, 2.05) is 26.0 Å². The lowest BCUT2D eigenvalue weighted by Gasteiger charge is -2.24. The SMILES string of the molecule is CCCN(CCC)c1nc2ccc(C)cn2c(=O)c1C=C1SC(=S)N(CCCOCC)C1=O. The van der Waals surface area contributed by atoms with E-state index in [2.05, 4.69) is 18.7 Å². The molecule has 0 radical (unpaired) electrons. The second-order valence-corrected chi connectivity index (χ2v) is 9.64. The summed E-state index contributed by atoms with van der Waals surface area (Å²) in [6, 6.07) is 3.81. The number of aryl methyl sites for hydroxylation is 1. The van der Waals surface area contributed by atoms with Crippen LogP contribution in [0.4, 0.5) is 5.82 Å². The van der Waals surface area contributed by atoms with Gasteiger partial charge < -0.3 is 9.64 Å². The summed E-state index contributed by atoms with van der Waals surface area (Å²) in [7, 11) is 0. The van der Waals surface area contributed by atoms with Crippen molar-refractivity contribution in [1.29, 1.82) is 0 Å². The first-order valence-corrected chi connectivity index (χ1v) is 12.7. The van der Waals surface area contributed by atoms with E-state index in [4.69, 9.17) is 21.9 Å². The molecule has 0 bridgehead atoms. The van der Waals surface area contributed by atoms with Gasteiger partial charge in [0.2, 0.25) is 0 Å². The largest absolute Gasteiger partial charge is 0.382 e. The molecule has 1 aliphatic heterocycles. The van der Waals surface area contributed by atoms with Crippen LogP contribution in [0.3, 0.4) is 0 Å². The van der Waals surface area contributed by atoms with E-state index >= 15 is 0 Å². The van der Waals surface area contributed by atoms with Crippen LogP contribution in [0.25, 0.3) is 11.7 Å². The number of anilines is 1. The van der Waals surface area contributed by atoms with Crippen LogP contribution in [0.5, 0.6) is 0 Å². The van der Waals surface area contributed by atoms with Crippen molar-refractivity contribution in [1.82, 2.24) is 14.3 Å². The second kappa shape index (κ2) is 11.8. The van der Waals surface area contributed by atoms with Crippen molar-refractivity contribution >= 4 is 51.7 Å². The molecular formula is C24H32N4O3S2. The first-order valence-electron chi connectivity index (χ1n) is 11.5. The van der Waals surface area contributed by atoms with Gasteiger partial charge in [0.05, 0.1) is 10.5 Å². The summed E-state index contributed by atoms with van der Waals surface area (Å²) < 4.78 is 7.45. The molecule has 1 saturated heterocycles. The van der Waals surface area contributed by atoms with Gasteiger partial charge >= 0.3 is 0 Å². The zero-order chi connectivity index (χ0) is 24.0. The summed E-state index contributed by atoms with van der Waals surface area (Å²) in [5, 5.41) is 0. The number of thiocarbonyl (C=S) groups is 1. The predicted octanol–water partition coefficient (Wildman–Crippen LogP) is 4.26. The van der Waals surface area contributed by atoms with Crippen LogP contribution in [0.2, 0.25) is 0 Å². The zero-order valence-electron chi connectivity index (χ0n) is 19.8. The third-order valence-corrected chi connectivity index (χ3v) is 6.67. The molecule has 2 aromatic rings. The van der Waals surface area contributed by atoms with Gasteiger partial charge in [0.1, 0.15) is 15.8 Å². The van der Waals surface area contributed by atoms with Crippen molar-refractivity contribution in [3.8, 4) is 0 Å².